The number of piperidine rings is 1. The molecule has 0 spiro atoms. The minimum absolute atomic E-state index is 0. The lowest BCUT2D eigenvalue weighted by molar-refractivity contribution is -0.145. The van der Waals surface area contributed by atoms with Gasteiger partial charge in [0.25, 0.3) is 0 Å². The van der Waals surface area contributed by atoms with Gasteiger partial charge in [-0.25, -0.2) is 4.79 Å². The molecule has 6 nitrogen and oxygen atoms in total. The number of aliphatic carboxylic acids is 1. The summed E-state index contributed by atoms with van der Waals surface area (Å²) < 4.78 is 0. The van der Waals surface area contributed by atoms with E-state index in [0.717, 1.165) is 44.6 Å². The van der Waals surface area contributed by atoms with Gasteiger partial charge >= 0.3 is 12.0 Å². The van der Waals surface area contributed by atoms with Gasteiger partial charge < -0.3 is 21.1 Å². The van der Waals surface area contributed by atoms with Crippen LogP contribution in [0.15, 0.2) is 30.3 Å². The van der Waals surface area contributed by atoms with E-state index in [1.807, 2.05) is 30.3 Å². The van der Waals surface area contributed by atoms with Crippen LogP contribution >= 0.6 is 12.4 Å². The molecule has 0 radical (unpaired) electrons. The summed E-state index contributed by atoms with van der Waals surface area (Å²) in [7, 11) is 0. The maximum absolute atomic E-state index is 11.4. The first-order chi connectivity index (χ1) is 11.1. The van der Waals surface area contributed by atoms with Crippen molar-refractivity contribution in [3.8, 4) is 0 Å². The molecule has 2 heterocycles. The predicted molar refractivity (Wildman–Crippen MR) is 95.5 cm³/mol. The van der Waals surface area contributed by atoms with E-state index in [-0.39, 0.29) is 18.4 Å². The summed E-state index contributed by atoms with van der Waals surface area (Å²) in [4.78, 5) is 23.5. The Labute approximate surface area is 148 Å². The molecular weight excluding hydrogens is 330 g/mol. The SMILES string of the molecule is Cl.NC(=O)N1CCCC1.O=C(O)C1(c2ccccc2)CCNCC1. The molecule has 24 heavy (non-hydrogen) atoms. The maximum atomic E-state index is 11.4. The molecular formula is C17H26ClN3O3. The molecule has 0 saturated carbocycles. The van der Waals surface area contributed by atoms with E-state index in [1.165, 1.54) is 0 Å². The van der Waals surface area contributed by atoms with Crippen molar-refractivity contribution >= 4 is 24.4 Å². The Morgan fingerprint density at radius 3 is 2.04 bits per heavy atom. The number of hydrogen-bond donors (Lipinski definition) is 3. The number of nitrogens with zero attached hydrogens (tertiary/aromatic N) is 1. The fraction of sp³-hybridized carbons (Fsp3) is 0.529. The molecule has 1 aromatic carbocycles. The molecule has 0 bridgehead atoms. The largest absolute Gasteiger partial charge is 0.481 e. The van der Waals surface area contributed by atoms with Crippen molar-refractivity contribution in [2.45, 2.75) is 31.1 Å². The van der Waals surface area contributed by atoms with Gasteiger partial charge in [-0.15, -0.1) is 12.4 Å². The van der Waals surface area contributed by atoms with E-state index in [9.17, 15) is 14.7 Å². The Balaban J connectivity index is 0.000000273. The van der Waals surface area contributed by atoms with Gasteiger partial charge in [-0.3, -0.25) is 4.79 Å². The van der Waals surface area contributed by atoms with Gasteiger partial charge in [0, 0.05) is 13.1 Å². The van der Waals surface area contributed by atoms with Gasteiger partial charge in [0.2, 0.25) is 0 Å². The third-order valence-corrected chi connectivity index (χ3v) is 4.61. The second-order valence-electron chi connectivity index (χ2n) is 6.04. The van der Waals surface area contributed by atoms with Crippen molar-refractivity contribution in [2.75, 3.05) is 26.2 Å². The number of hydrogen-bond acceptors (Lipinski definition) is 3. The number of urea groups is 1. The van der Waals surface area contributed by atoms with Crippen LogP contribution in [0.5, 0.6) is 0 Å². The van der Waals surface area contributed by atoms with E-state index in [2.05, 4.69) is 5.32 Å². The Kier molecular flexibility index (Phi) is 8.01. The third kappa shape index (κ3) is 4.85. The summed E-state index contributed by atoms with van der Waals surface area (Å²) in [5.74, 6) is -0.699. The highest BCUT2D eigenvalue weighted by molar-refractivity contribution is 5.85. The molecule has 2 aliphatic heterocycles. The number of carbonyl (C=O) groups excluding carboxylic acids is 1. The quantitative estimate of drug-likeness (QED) is 0.755. The number of nitrogens with one attached hydrogen (secondary N) is 1. The van der Waals surface area contributed by atoms with Crippen molar-refractivity contribution in [1.82, 2.24) is 10.2 Å². The molecule has 0 aliphatic carbocycles. The van der Waals surface area contributed by atoms with Gasteiger partial charge in [0.05, 0.1) is 5.41 Å². The van der Waals surface area contributed by atoms with Gasteiger partial charge in [0.15, 0.2) is 0 Å². The number of rotatable bonds is 2. The van der Waals surface area contributed by atoms with Crippen molar-refractivity contribution in [2.24, 2.45) is 5.73 Å². The summed E-state index contributed by atoms with van der Waals surface area (Å²) >= 11 is 0. The topological polar surface area (TPSA) is 95.7 Å². The number of amides is 2. The molecule has 2 saturated heterocycles. The van der Waals surface area contributed by atoms with Crippen LogP contribution in [0.25, 0.3) is 0 Å². The van der Waals surface area contributed by atoms with Gasteiger partial charge in [0.1, 0.15) is 0 Å². The van der Waals surface area contributed by atoms with Crippen LogP contribution in [0.4, 0.5) is 4.79 Å². The Morgan fingerprint density at radius 2 is 1.62 bits per heavy atom. The summed E-state index contributed by atoms with van der Waals surface area (Å²) in [6, 6.07) is 9.28. The van der Waals surface area contributed by atoms with Crippen molar-refractivity contribution in [3.63, 3.8) is 0 Å². The molecule has 2 amide bonds. The molecule has 0 atom stereocenters. The first-order valence-electron chi connectivity index (χ1n) is 8.10. The summed E-state index contributed by atoms with van der Waals surface area (Å²) in [6.45, 7) is 3.27. The Hall–Kier alpha value is -1.79. The van der Waals surface area contributed by atoms with Crippen molar-refractivity contribution < 1.29 is 14.7 Å². The average Bonchev–Trinajstić information content (AvgIpc) is 3.12. The molecule has 3 rings (SSSR count). The second-order valence-corrected chi connectivity index (χ2v) is 6.04. The highest BCUT2D eigenvalue weighted by atomic mass is 35.5. The lowest BCUT2D eigenvalue weighted by Crippen LogP contribution is -2.45. The Morgan fingerprint density at radius 1 is 1.08 bits per heavy atom. The zero-order chi connectivity index (χ0) is 16.7. The van der Waals surface area contributed by atoms with Crippen molar-refractivity contribution in [3.05, 3.63) is 35.9 Å². The standard InChI is InChI=1S/C12H15NO2.C5H10N2O.ClH/c14-11(15)12(6-8-13-9-7-12)10-4-2-1-3-5-10;6-5(8)7-3-1-2-4-7;/h1-5,13H,6-9H2,(H,14,15);1-4H2,(H2,6,8);1H. The molecule has 2 aliphatic rings. The smallest absolute Gasteiger partial charge is 0.314 e. The number of likely N-dealkylation sites (tertiary alicyclic amines) is 1. The first-order valence-corrected chi connectivity index (χ1v) is 8.10. The summed E-state index contributed by atoms with van der Waals surface area (Å²) in [5.41, 5.74) is 5.24. The van der Waals surface area contributed by atoms with Gasteiger partial charge in [-0.1, -0.05) is 30.3 Å². The van der Waals surface area contributed by atoms with Crippen molar-refractivity contribution in [1.29, 1.82) is 0 Å². The highest BCUT2D eigenvalue weighted by Crippen LogP contribution is 2.33. The minimum Gasteiger partial charge on any atom is -0.481 e. The van der Waals surface area contributed by atoms with E-state index < -0.39 is 11.4 Å². The molecule has 7 heteroatoms. The minimum atomic E-state index is -0.699. The number of carboxylic acid groups (broad SMARTS) is 1. The lowest BCUT2D eigenvalue weighted by Gasteiger charge is -2.34. The zero-order valence-corrected chi connectivity index (χ0v) is 14.6. The molecule has 0 unspecified atom stereocenters. The Bertz CT molecular complexity index is 527. The van der Waals surface area contributed by atoms with E-state index in [0.29, 0.717) is 12.8 Å². The van der Waals surface area contributed by atoms with Gasteiger partial charge in [-0.2, -0.15) is 0 Å². The highest BCUT2D eigenvalue weighted by Gasteiger charge is 2.40. The van der Waals surface area contributed by atoms with Crippen LogP contribution in [0.3, 0.4) is 0 Å². The fourth-order valence-corrected chi connectivity index (χ4v) is 3.17. The molecule has 1 aromatic rings. The summed E-state index contributed by atoms with van der Waals surface area (Å²) in [5, 5.41) is 12.6. The molecule has 4 N–H and O–H groups in total. The van der Waals surface area contributed by atoms with E-state index in [4.69, 9.17) is 5.73 Å². The molecule has 2 fully saturated rings. The van der Waals surface area contributed by atoms with E-state index >= 15 is 0 Å². The zero-order valence-electron chi connectivity index (χ0n) is 13.7. The predicted octanol–water partition coefficient (Wildman–Crippen LogP) is 1.98. The monoisotopic (exact) mass is 355 g/mol. The number of primary amides is 1. The normalized spacial score (nSPS) is 18.8. The van der Waals surface area contributed by atoms with Crippen LogP contribution in [0.2, 0.25) is 0 Å². The van der Waals surface area contributed by atoms with Crippen LogP contribution in [-0.4, -0.2) is 48.2 Å². The number of halogens is 1. The molecule has 0 aromatic heterocycles. The first kappa shape index (κ1) is 20.3. The third-order valence-electron chi connectivity index (χ3n) is 4.61. The lowest BCUT2D eigenvalue weighted by atomic mass is 9.73. The van der Waals surface area contributed by atoms with E-state index in [1.54, 1.807) is 4.90 Å². The second kappa shape index (κ2) is 9.49. The van der Waals surface area contributed by atoms with Crippen LogP contribution < -0.4 is 11.1 Å². The van der Waals surface area contributed by atoms with Crippen LogP contribution in [0, 0.1) is 0 Å². The van der Waals surface area contributed by atoms with Crippen LogP contribution in [0.1, 0.15) is 31.2 Å². The maximum Gasteiger partial charge on any atom is 0.314 e. The number of nitrogens with two attached hydrogens (primary N) is 1. The summed E-state index contributed by atoms with van der Waals surface area (Å²) in [6.07, 6.45) is 3.57. The van der Waals surface area contributed by atoms with Gasteiger partial charge in [-0.05, 0) is 44.3 Å². The van der Waals surface area contributed by atoms with Crippen LogP contribution in [-0.2, 0) is 10.2 Å². The number of benzene rings is 1. The number of carboxylic acids is 1. The number of carbonyl (C=O) groups is 2. The molecule has 134 valence electrons. The fourth-order valence-electron chi connectivity index (χ4n) is 3.17. The average molecular weight is 356 g/mol.